The normalized spacial score (nSPS) is 16.0. The first-order valence-corrected chi connectivity index (χ1v) is 8.04. The van der Waals surface area contributed by atoms with Crippen LogP contribution in [-0.4, -0.2) is 18.7 Å². The van der Waals surface area contributed by atoms with Gasteiger partial charge in [-0.1, -0.05) is 37.8 Å². The standard InChI is InChI=1S/C17H26N2O2/c1-2-21-16-11-7-8-14(12-16)13-18-17(20)19-15-9-5-3-4-6-10-15/h7-8,11-12,15H,2-6,9-10,13H2,1H3,(H2,18,19,20). The summed E-state index contributed by atoms with van der Waals surface area (Å²) in [7, 11) is 0. The van der Waals surface area contributed by atoms with E-state index in [0.717, 1.165) is 24.2 Å². The van der Waals surface area contributed by atoms with Gasteiger partial charge in [0.2, 0.25) is 0 Å². The summed E-state index contributed by atoms with van der Waals surface area (Å²) in [5.41, 5.74) is 1.05. The highest BCUT2D eigenvalue weighted by Crippen LogP contribution is 2.17. The predicted octanol–water partition coefficient (Wildman–Crippen LogP) is 3.61. The molecule has 1 aromatic carbocycles. The van der Waals surface area contributed by atoms with Crippen LogP contribution in [0.25, 0.3) is 0 Å². The van der Waals surface area contributed by atoms with Gasteiger partial charge >= 0.3 is 6.03 Å². The van der Waals surface area contributed by atoms with Gasteiger partial charge in [-0.3, -0.25) is 0 Å². The number of hydrogen-bond acceptors (Lipinski definition) is 2. The Morgan fingerprint density at radius 2 is 2.00 bits per heavy atom. The molecule has 116 valence electrons. The number of carbonyl (C=O) groups is 1. The maximum atomic E-state index is 12.0. The van der Waals surface area contributed by atoms with Gasteiger partial charge < -0.3 is 15.4 Å². The third-order valence-electron chi connectivity index (χ3n) is 3.85. The molecule has 2 rings (SSSR count). The van der Waals surface area contributed by atoms with Crippen molar-refractivity contribution >= 4 is 6.03 Å². The first kappa shape index (κ1) is 15.7. The van der Waals surface area contributed by atoms with Crippen LogP contribution in [0.15, 0.2) is 24.3 Å². The van der Waals surface area contributed by atoms with Crippen molar-refractivity contribution in [3.8, 4) is 5.75 Å². The second-order valence-electron chi connectivity index (χ2n) is 5.60. The third kappa shape index (κ3) is 5.66. The van der Waals surface area contributed by atoms with Crippen molar-refractivity contribution in [1.29, 1.82) is 0 Å². The SMILES string of the molecule is CCOc1cccc(CNC(=O)NC2CCCCCC2)c1. The number of amides is 2. The van der Waals surface area contributed by atoms with E-state index in [9.17, 15) is 4.79 Å². The van der Waals surface area contributed by atoms with Crippen LogP contribution in [0, 0.1) is 0 Å². The van der Waals surface area contributed by atoms with Gasteiger partial charge in [0.1, 0.15) is 5.75 Å². The van der Waals surface area contributed by atoms with Crippen molar-refractivity contribution in [2.75, 3.05) is 6.61 Å². The monoisotopic (exact) mass is 290 g/mol. The van der Waals surface area contributed by atoms with Crippen LogP contribution in [0.4, 0.5) is 4.79 Å². The van der Waals surface area contributed by atoms with E-state index in [0.29, 0.717) is 19.2 Å². The molecule has 21 heavy (non-hydrogen) atoms. The molecular weight excluding hydrogens is 264 g/mol. The summed E-state index contributed by atoms with van der Waals surface area (Å²) >= 11 is 0. The van der Waals surface area contributed by atoms with Crippen LogP contribution in [0.5, 0.6) is 5.75 Å². The van der Waals surface area contributed by atoms with Gasteiger partial charge in [-0.2, -0.15) is 0 Å². The number of hydrogen-bond donors (Lipinski definition) is 2. The molecule has 2 amide bonds. The molecule has 0 aliphatic heterocycles. The third-order valence-corrected chi connectivity index (χ3v) is 3.85. The lowest BCUT2D eigenvalue weighted by Crippen LogP contribution is -2.41. The molecule has 0 radical (unpaired) electrons. The number of rotatable bonds is 5. The van der Waals surface area contributed by atoms with Gasteiger partial charge in [0.05, 0.1) is 6.61 Å². The number of ether oxygens (including phenoxy) is 1. The van der Waals surface area contributed by atoms with E-state index < -0.39 is 0 Å². The number of benzene rings is 1. The topological polar surface area (TPSA) is 50.4 Å². The van der Waals surface area contributed by atoms with E-state index in [4.69, 9.17) is 4.74 Å². The minimum Gasteiger partial charge on any atom is -0.494 e. The maximum absolute atomic E-state index is 12.0. The Hall–Kier alpha value is -1.71. The van der Waals surface area contributed by atoms with E-state index in [-0.39, 0.29) is 6.03 Å². The zero-order valence-corrected chi connectivity index (χ0v) is 12.9. The summed E-state index contributed by atoms with van der Waals surface area (Å²) in [6, 6.07) is 8.11. The summed E-state index contributed by atoms with van der Waals surface area (Å²) in [5.74, 6) is 0.848. The Balaban J connectivity index is 1.76. The fraction of sp³-hybridized carbons (Fsp3) is 0.588. The molecule has 0 saturated heterocycles. The molecule has 0 atom stereocenters. The Kier molecular flexibility index (Phi) is 6.38. The summed E-state index contributed by atoms with van der Waals surface area (Å²) in [5, 5.41) is 6.02. The molecular formula is C17H26N2O2. The molecule has 4 nitrogen and oxygen atoms in total. The fourth-order valence-corrected chi connectivity index (χ4v) is 2.75. The number of carbonyl (C=O) groups excluding carboxylic acids is 1. The zero-order chi connectivity index (χ0) is 14.9. The number of urea groups is 1. The Morgan fingerprint density at radius 1 is 1.24 bits per heavy atom. The van der Waals surface area contributed by atoms with E-state index in [1.807, 2.05) is 31.2 Å². The Morgan fingerprint density at radius 3 is 2.71 bits per heavy atom. The van der Waals surface area contributed by atoms with Crippen LogP contribution in [0.3, 0.4) is 0 Å². The van der Waals surface area contributed by atoms with Gasteiger partial charge in [-0.25, -0.2) is 4.79 Å². The van der Waals surface area contributed by atoms with Crippen LogP contribution in [0.2, 0.25) is 0 Å². The van der Waals surface area contributed by atoms with Crippen molar-refractivity contribution < 1.29 is 9.53 Å². The average molecular weight is 290 g/mol. The molecule has 0 spiro atoms. The van der Waals surface area contributed by atoms with Gasteiger partial charge in [0.15, 0.2) is 0 Å². The molecule has 0 aromatic heterocycles. The van der Waals surface area contributed by atoms with Crippen LogP contribution < -0.4 is 15.4 Å². The lowest BCUT2D eigenvalue weighted by Gasteiger charge is -2.16. The molecule has 1 aromatic rings. The molecule has 2 N–H and O–H groups in total. The van der Waals surface area contributed by atoms with Crippen LogP contribution >= 0.6 is 0 Å². The first-order valence-electron chi connectivity index (χ1n) is 8.04. The first-order chi connectivity index (χ1) is 10.3. The Bertz CT molecular complexity index is 440. The summed E-state index contributed by atoms with van der Waals surface area (Å²) in [6.07, 6.45) is 7.25. The summed E-state index contributed by atoms with van der Waals surface area (Å²) < 4.78 is 5.46. The molecule has 0 heterocycles. The molecule has 1 aliphatic carbocycles. The average Bonchev–Trinajstić information content (AvgIpc) is 2.75. The smallest absolute Gasteiger partial charge is 0.315 e. The van der Waals surface area contributed by atoms with E-state index in [1.165, 1.54) is 25.7 Å². The van der Waals surface area contributed by atoms with Crippen molar-refractivity contribution in [3.63, 3.8) is 0 Å². The second-order valence-corrected chi connectivity index (χ2v) is 5.60. The minimum atomic E-state index is -0.0660. The molecule has 0 unspecified atom stereocenters. The van der Waals surface area contributed by atoms with Crippen molar-refractivity contribution in [2.45, 2.75) is 58.0 Å². The van der Waals surface area contributed by atoms with Crippen molar-refractivity contribution in [2.24, 2.45) is 0 Å². The van der Waals surface area contributed by atoms with Crippen LogP contribution in [0.1, 0.15) is 51.0 Å². The van der Waals surface area contributed by atoms with E-state index in [2.05, 4.69) is 10.6 Å². The zero-order valence-electron chi connectivity index (χ0n) is 12.9. The molecule has 1 saturated carbocycles. The quantitative estimate of drug-likeness (QED) is 0.814. The fourth-order valence-electron chi connectivity index (χ4n) is 2.75. The van der Waals surface area contributed by atoms with Gasteiger partial charge in [-0.15, -0.1) is 0 Å². The highest BCUT2D eigenvalue weighted by atomic mass is 16.5. The van der Waals surface area contributed by atoms with Gasteiger partial charge in [0.25, 0.3) is 0 Å². The van der Waals surface area contributed by atoms with Crippen LogP contribution in [-0.2, 0) is 6.54 Å². The van der Waals surface area contributed by atoms with E-state index >= 15 is 0 Å². The highest BCUT2D eigenvalue weighted by Gasteiger charge is 2.14. The van der Waals surface area contributed by atoms with Gasteiger partial charge in [-0.05, 0) is 37.5 Å². The molecule has 0 bridgehead atoms. The number of nitrogens with one attached hydrogen (secondary N) is 2. The largest absolute Gasteiger partial charge is 0.494 e. The van der Waals surface area contributed by atoms with Gasteiger partial charge in [0, 0.05) is 12.6 Å². The van der Waals surface area contributed by atoms with E-state index in [1.54, 1.807) is 0 Å². The second kappa shape index (κ2) is 8.55. The van der Waals surface area contributed by atoms with Crippen molar-refractivity contribution in [1.82, 2.24) is 10.6 Å². The predicted molar refractivity (Wildman–Crippen MR) is 84.5 cm³/mol. The lowest BCUT2D eigenvalue weighted by molar-refractivity contribution is 0.235. The molecule has 1 fully saturated rings. The Labute approximate surface area is 127 Å². The molecule has 4 heteroatoms. The lowest BCUT2D eigenvalue weighted by atomic mass is 10.1. The van der Waals surface area contributed by atoms with Crippen molar-refractivity contribution in [3.05, 3.63) is 29.8 Å². The molecule has 1 aliphatic rings. The summed E-state index contributed by atoms with van der Waals surface area (Å²) in [4.78, 5) is 12.0. The minimum absolute atomic E-state index is 0.0660. The highest BCUT2D eigenvalue weighted by molar-refractivity contribution is 5.74. The maximum Gasteiger partial charge on any atom is 0.315 e. The summed E-state index contributed by atoms with van der Waals surface area (Å²) in [6.45, 7) is 3.14.